The molecule has 4 heteroatoms. The molecule has 0 spiro atoms. The Morgan fingerprint density at radius 3 is 2.46 bits per heavy atom. The summed E-state index contributed by atoms with van der Waals surface area (Å²) in [5, 5.41) is 0. The normalized spacial score (nSPS) is 12.5. The second-order valence-electron chi connectivity index (χ2n) is 6.36. The lowest BCUT2D eigenvalue weighted by Crippen LogP contribution is -2.18. The molecule has 1 aliphatic rings. The summed E-state index contributed by atoms with van der Waals surface area (Å²) in [5.41, 5.74) is 4.58. The Balaban J connectivity index is 1.47. The van der Waals surface area contributed by atoms with E-state index in [9.17, 15) is 9.59 Å². The van der Waals surface area contributed by atoms with E-state index in [2.05, 4.69) is 17.1 Å². The molecular formula is C22H17N2O2. The number of benzene rings is 1. The molecule has 0 unspecified atom stereocenters. The van der Waals surface area contributed by atoms with E-state index in [0.29, 0.717) is 18.5 Å². The van der Waals surface area contributed by atoms with E-state index in [0.717, 1.165) is 22.3 Å². The third kappa shape index (κ3) is 3.70. The van der Waals surface area contributed by atoms with Crippen molar-refractivity contribution in [1.82, 2.24) is 9.55 Å². The van der Waals surface area contributed by atoms with E-state index in [1.165, 1.54) is 0 Å². The average molecular weight is 341 g/mol. The topological polar surface area (TPSA) is 52.0 Å². The van der Waals surface area contributed by atoms with E-state index in [1.54, 1.807) is 35.3 Å². The number of hydrogen-bond acceptors (Lipinski definition) is 3. The molecule has 26 heavy (non-hydrogen) atoms. The summed E-state index contributed by atoms with van der Waals surface area (Å²) in [7, 11) is 0. The Kier molecular flexibility index (Phi) is 4.32. The highest BCUT2D eigenvalue weighted by molar-refractivity contribution is 6.13. The number of hydrogen-bond donors (Lipinski definition) is 0. The number of carbonyl (C=O) groups excluding carboxylic acids is 1. The van der Waals surface area contributed by atoms with Crippen LogP contribution in [0.4, 0.5) is 0 Å². The van der Waals surface area contributed by atoms with Crippen molar-refractivity contribution in [1.29, 1.82) is 0 Å². The first-order valence-electron chi connectivity index (χ1n) is 8.46. The van der Waals surface area contributed by atoms with Crippen LogP contribution in [0.1, 0.15) is 27.0 Å². The van der Waals surface area contributed by atoms with Crippen LogP contribution in [0.3, 0.4) is 0 Å². The summed E-state index contributed by atoms with van der Waals surface area (Å²) < 4.78 is 1.68. The maximum absolute atomic E-state index is 12.1. The molecule has 0 fully saturated rings. The van der Waals surface area contributed by atoms with Crippen molar-refractivity contribution in [3.63, 3.8) is 0 Å². The first-order chi connectivity index (χ1) is 12.7. The average Bonchev–Trinajstić information content (AvgIpc) is 3.50. The molecular weight excluding hydrogens is 324 g/mol. The van der Waals surface area contributed by atoms with E-state index in [1.807, 2.05) is 36.8 Å². The third-order valence-electron chi connectivity index (χ3n) is 4.34. The molecule has 4 nitrogen and oxygen atoms in total. The molecule has 0 bridgehead atoms. The number of pyridine rings is 2. The minimum Gasteiger partial charge on any atom is -0.311 e. The van der Waals surface area contributed by atoms with Crippen molar-refractivity contribution in [3.05, 3.63) is 118 Å². The fourth-order valence-corrected chi connectivity index (χ4v) is 2.85. The smallest absolute Gasteiger partial charge is 0.250 e. The second-order valence-corrected chi connectivity index (χ2v) is 6.36. The van der Waals surface area contributed by atoms with Gasteiger partial charge >= 0.3 is 0 Å². The predicted octanol–water partition coefficient (Wildman–Crippen LogP) is 3.21. The van der Waals surface area contributed by atoms with Gasteiger partial charge in [-0.15, -0.1) is 0 Å². The zero-order valence-electron chi connectivity index (χ0n) is 14.1. The maximum atomic E-state index is 12.1. The van der Waals surface area contributed by atoms with Gasteiger partial charge in [-0.25, -0.2) is 0 Å². The molecule has 3 aromatic rings. The number of nitrogens with zero attached hydrogens (tertiary/aromatic N) is 2. The standard InChI is InChI=1S/C22H17N2O2/c25-21-3-1-2-10-24(21)15-17-6-4-16(5-7-17)11-18-12-20(14-23-13-18)22(26)19-8-9-19/h1-10,12-14H,11,15H2. The van der Waals surface area contributed by atoms with Crippen LogP contribution in [0, 0.1) is 6.42 Å². The van der Waals surface area contributed by atoms with E-state index in [4.69, 9.17) is 0 Å². The van der Waals surface area contributed by atoms with Gasteiger partial charge in [-0.05, 0) is 35.2 Å². The molecule has 1 aliphatic carbocycles. The molecule has 0 atom stereocenters. The summed E-state index contributed by atoms with van der Waals surface area (Å²) in [6, 6.07) is 15.2. The molecule has 2 heterocycles. The van der Waals surface area contributed by atoms with Gasteiger partial charge in [0.15, 0.2) is 5.78 Å². The van der Waals surface area contributed by atoms with Crippen molar-refractivity contribution < 1.29 is 4.79 Å². The summed E-state index contributed by atoms with van der Waals surface area (Å²) in [6.45, 7) is 0.553. The SMILES string of the molecule is O=C(C1=C[CH]1)c1cncc(Cc2ccc(Cn3ccccc3=O)cc2)c1. The number of Topliss-reactive ketones (excluding diaryl/α,β-unsaturated/α-hetero) is 1. The highest BCUT2D eigenvalue weighted by atomic mass is 16.1. The first kappa shape index (κ1) is 16.2. The van der Waals surface area contributed by atoms with Gasteiger partial charge in [-0.3, -0.25) is 14.6 Å². The van der Waals surface area contributed by atoms with Crippen LogP contribution in [0.25, 0.3) is 0 Å². The summed E-state index contributed by atoms with van der Waals surface area (Å²) in [4.78, 5) is 28.1. The fourth-order valence-electron chi connectivity index (χ4n) is 2.85. The number of ketones is 1. The quantitative estimate of drug-likeness (QED) is 0.647. The zero-order chi connectivity index (χ0) is 17.9. The predicted molar refractivity (Wildman–Crippen MR) is 100 cm³/mol. The minimum absolute atomic E-state index is 0.00726. The van der Waals surface area contributed by atoms with E-state index in [-0.39, 0.29) is 11.3 Å². The fraction of sp³-hybridized carbons (Fsp3) is 0.0909. The molecule has 1 aromatic carbocycles. The van der Waals surface area contributed by atoms with Crippen LogP contribution >= 0.6 is 0 Å². The molecule has 127 valence electrons. The van der Waals surface area contributed by atoms with Gasteiger partial charge in [-0.1, -0.05) is 36.4 Å². The minimum atomic E-state index is -0.00726. The van der Waals surface area contributed by atoms with Gasteiger partial charge in [0.2, 0.25) is 0 Å². The second kappa shape index (κ2) is 6.92. The van der Waals surface area contributed by atoms with Gasteiger partial charge in [-0.2, -0.15) is 0 Å². The van der Waals surface area contributed by atoms with Crippen molar-refractivity contribution in [2.24, 2.45) is 0 Å². The summed E-state index contributed by atoms with van der Waals surface area (Å²) >= 11 is 0. The molecule has 0 saturated heterocycles. The molecule has 0 N–H and O–H groups in total. The van der Waals surface area contributed by atoms with Crippen LogP contribution < -0.4 is 5.56 Å². The zero-order valence-corrected chi connectivity index (χ0v) is 14.1. The lowest BCUT2D eigenvalue weighted by molar-refractivity contribution is 0.104. The molecule has 2 aromatic heterocycles. The Morgan fingerprint density at radius 2 is 1.73 bits per heavy atom. The van der Waals surface area contributed by atoms with Crippen molar-refractivity contribution in [2.75, 3.05) is 0 Å². The number of rotatable bonds is 6. The number of aromatic nitrogens is 2. The maximum Gasteiger partial charge on any atom is 0.250 e. The van der Waals surface area contributed by atoms with Crippen molar-refractivity contribution in [2.45, 2.75) is 13.0 Å². The molecule has 0 amide bonds. The lowest BCUT2D eigenvalue weighted by atomic mass is 10.0. The highest BCUT2D eigenvalue weighted by Gasteiger charge is 2.19. The number of allylic oxidation sites excluding steroid dienone is 2. The Bertz CT molecular complexity index is 1050. The van der Waals surface area contributed by atoms with Gasteiger partial charge in [0.05, 0.1) is 6.54 Å². The van der Waals surface area contributed by atoms with Crippen LogP contribution in [0.5, 0.6) is 0 Å². The first-order valence-corrected chi connectivity index (χ1v) is 8.46. The monoisotopic (exact) mass is 341 g/mol. The Morgan fingerprint density at radius 1 is 0.962 bits per heavy atom. The molecule has 4 rings (SSSR count). The largest absolute Gasteiger partial charge is 0.311 e. The van der Waals surface area contributed by atoms with Gasteiger partial charge in [0, 0.05) is 42.2 Å². The Hall–Kier alpha value is -3.27. The summed E-state index contributed by atoms with van der Waals surface area (Å²) in [6.07, 6.45) is 9.52. The van der Waals surface area contributed by atoms with Crippen molar-refractivity contribution in [3.8, 4) is 0 Å². The highest BCUT2D eigenvalue weighted by Crippen LogP contribution is 2.22. The molecule has 1 radical (unpaired) electrons. The third-order valence-corrected chi connectivity index (χ3v) is 4.34. The van der Waals surface area contributed by atoms with Crippen LogP contribution in [0.2, 0.25) is 0 Å². The van der Waals surface area contributed by atoms with Gasteiger partial charge in [0.25, 0.3) is 5.56 Å². The molecule has 0 aliphatic heterocycles. The number of carbonyl (C=O) groups is 1. The van der Waals surface area contributed by atoms with Crippen molar-refractivity contribution >= 4 is 5.78 Å². The van der Waals surface area contributed by atoms with Crippen LogP contribution in [-0.2, 0) is 13.0 Å². The lowest BCUT2D eigenvalue weighted by Gasteiger charge is -2.07. The van der Waals surface area contributed by atoms with Crippen LogP contribution in [0.15, 0.2) is 83.6 Å². The molecule has 0 saturated carbocycles. The van der Waals surface area contributed by atoms with Crippen LogP contribution in [-0.4, -0.2) is 15.3 Å². The van der Waals surface area contributed by atoms with Gasteiger partial charge < -0.3 is 4.57 Å². The van der Waals surface area contributed by atoms with Gasteiger partial charge in [0.1, 0.15) is 0 Å². The summed E-state index contributed by atoms with van der Waals surface area (Å²) in [5.74, 6) is 0.0306. The van der Waals surface area contributed by atoms with E-state index >= 15 is 0 Å². The Labute approximate surface area is 151 Å². The van der Waals surface area contributed by atoms with E-state index < -0.39 is 0 Å².